The molecule has 88 valence electrons. The third kappa shape index (κ3) is 3.43. The first kappa shape index (κ1) is 12.3. The van der Waals surface area contributed by atoms with E-state index in [1.807, 2.05) is 0 Å². The van der Waals surface area contributed by atoms with Crippen LogP contribution in [-0.2, 0) is 16.0 Å². The van der Waals surface area contributed by atoms with Gasteiger partial charge < -0.3 is 20.7 Å². The number of ether oxygens (including phenoxy) is 1. The van der Waals surface area contributed by atoms with Gasteiger partial charge in [0.25, 0.3) is 0 Å². The molecular weight excluding hydrogens is 210 g/mol. The van der Waals surface area contributed by atoms with E-state index >= 15 is 0 Å². The Bertz CT molecular complexity index is 378. The van der Waals surface area contributed by atoms with Crippen molar-refractivity contribution in [2.75, 3.05) is 7.11 Å². The van der Waals surface area contributed by atoms with E-state index in [1.54, 1.807) is 6.07 Å². The van der Waals surface area contributed by atoms with Gasteiger partial charge in [0, 0.05) is 6.04 Å². The fraction of sp³-hybridized carbons (Fsp3) is 0.364. The van der Waals surface area contributed by atoms with Gasteiger partial charge in [0.2, 0.25) is 0 Å². The molecule has 0 radical (unpaired) electrons. The van der Waals surface area contributed by atoms with Gasteiger partial charge in [-0.25, -0.2) is 0 Å². The highest BCUT2D eigenvalue weighted by atomic mass is 16.5. The predicted octanol–water partition coefficient (Wildman–Crippen LogP) is 0.531. The fourth-order valence-corrected chi connectivity index (χ4v) is 1.37. The van der Waals surface area contributed by atoms with Crippen molar-refractivity contribution in [3.05, 3.63) is 23.8 Å². The number of nitrogens with two attached hydrogens (primary N) is 1. The number of phenolic OH excluding ortho intramolecular Hbond substituents is 2. The van der Waals surface area contributed by atoms with Gasteiger partial charge in [-0.3, -0.25) is 4.79 Å². The highest BCUT2D eigenvalue weighted by Crippen LogP contribution is 2.25. The molecule has 0 saturated carbocycles. The molecule has 1 aromatic rings. The molecule has 0 saturated heterocycles. The van der Waals surface area contributed by atoms with E-state index in [9.17, 15) is 9.90 Å². The summed E-state index contributed by atoms with van der Waals surface area (Å²) in [7, 11) is 1.31. The summed E-state index contributed by atoms with van der Waals surface area (Å²) < 4.78 is 4.49. The van der Waals surface area contributed by atoms with Gasteiger partial charge >= 0.3 is 5.97 Å². The van der Waals surface area contributed by atoms with Gasteiger partial charge in [-0.1, -0.05) is 6.07 Å². The third-order valence-electron chi connectivity index (χ3n) is 2.19. The van der Waals surface area contributed by atoms with Crippen LogP contribution in [0.2, 0.25) is 0 Å². The molecule has 4 N–H and O–H groups in total. The smallest absolute Gasteiger partial charge is 0.307 e. The van der Waals surface area contributed by atoms with Gasteiger partial charge in [-0.05, 0) is 24.1 Å². The normalized spacial score (nSPS) is 12.1. The van der Waals surface area contributed by atoms with Crippen molar-refractivity contribution >= 4 is 5.97 Å². The average molecular weight is 225 g/mol. The summed E-state index contributed by atoms with van der Waals surface area (Å²) in [5.74, 6) is -0.733. The van der Waals surface area contributed by atoms with Gasteiger partial charge in [0.15, 0.2) is 11.5 Å². The van der Waals surface area contributed by atoms with Crippen molar-refractivity contribution < 1.29 is 19.7 Å². The molecule has 0 bridgehead atoms. The van der Waals surface area contributed by atoms with Crippen LogP contribution in [0.15, 0.2) is 18.2 Å². The number of carbonyl (C=O) groups is 1. The molecule has 0 unspecified atom stereocenters. The highest BCUT2D eigenvalue weighted by molar-refractivity contribution is 5.69. The quantitative estimate of drug-likeness (QED) is 0.513. The zero-order valence-electron chi connectivity index (χ0n) is 9.01. The van der Waals surface area contributed by atoms with E-state index in [0.717, 1.165) is 5.56 Å². The Kier molecular flexibility index (Phi) is 4.13. The Labute approximate surface area is 93.5 Å². The van der Waals surface area contributed by atoms with Crippen molar-refractivity contribution in [3.63, 3.8) is 0 Å². The monoisotopic (exact) mass is 225 g/mol. The molecule has 5 nitrogen and oxygen atoms in total. The first-order valence-corrected chi connectivity index (χ1v) is 4.86. The molecule has 0 fully saturated rings. The molecule has 1 atom stereocenters. The maximum absolute atomic E-state index is 10.9. The molecule has 0 aliphatic rings. The SMILES string of the molecule is COC(=O)C[C@@H](N)Cc1ccc(O)c(O)c1. The van der Waals surface area contributed by atoms with Crippen LogP contribution in [0.5, 0.6) is 11.5 Å². The molecule has 0 heterocycles. The summed E-state index contributed by atoms with van der Waals surface area (Å²) in [4.78, 5) is 10.9. The summed E-state index contributed by atoms with van der Waals surface area (Å²) in [6, 6.07) is 4.09. The van der Waals surface area contributed by atoms with Crippen molar-refractivity contribution in [1.29, 1.82) is 0 Å². The Balaban J connectivity index is 2.59. The molecule has 0 aromatic heterocycles. The maximum atomic E-state index is 10.9. The lowest BCUT2D eigenvalue weighted by Gasteiger charge is -2.10. The van der Waals surface area contributed by atoms with Gasteiger partial charge in [-0.2, -0.15) is 0 Å². The van der Waals surface area contributed by atoms with Gasteiger partial charge in [0.1, 0.15) is 0 Å². The number of methoxy groups -OCH3 is 1. The zero-order chi connectivity index (χ0) is 12.1. The Morgan fingerprint density at radius 3 is 2.69 bits per heavy atom. The first-order chi connectivity index (χ1) is 7.52. The largest absolute Gasteiger partial charge is 0.504 e. The summed E-state index contributed by atoms with van der Waals surface area (Å²) in [5.41, 5.74) is 6.48. The molecule has 0 amide bonds. The number of rotatable bonds is 4. The molecule has 0 aliphatic carbocycles. The topological polar surface area (TPSA) is 92.8 Å². The first-order valence-electron chi connectivity index (χ1n) is 4.86. The number of hydrogen-bond acceptors (Lipinski definition) is 5. The lowest BCUT2D eigenvalue weighted by Crippen LogP contribution is -2.26. The van der Waals surface area contributed by atoms with E-state index in [1.165, 1.54) is 19.2 Å². The van der Waals surface area contributed by atoms with Gasteiger partial charge in [0.05, 0.1) is 13.5 Å². The number of esters is 1. The summed E-state index contributed by atoms with van der Waals surface area (Å²) in [6.07, 6.45) is 0.557. The number of hydrogen-bond donors (Lipinski definition) is 3. The fourth-order valence-electron chi connectivity index (χ4n) is 1.37. The molecule has 1 aromatic carbocycles. The third-order valence-corrected chi connectivity index (χ3v) is 2.19. The van der Waals surface area contributed by atoms with Crippen molar-refractivity contribution in [2.24, 2.45) is 5.73 Å². The highest BCUT2D eigenvalue weighted by Gasteiger charge is 2.11. The summed E-state index contributed by atoms with van der Waals surface area (Å²) in [5, 5.41) is 18.4. The van der Waals surface area contributed by atoms with E-state index in [2.05, 4.69) is 4.74 Å². The van der Waals surface area contributed by atoms with Crippen molar-refractivity contribution in [2.45, 2.75) is 18.9 Å². The molecule has 0 spiro atoms. The van der Waals surface area contributed by atoms with Crippen LogP contribution in [0.4, 0.5) is 0 Å². The summed E-state index contributed by atoms with van der Waals surface area (Å²) in [6.45, 7) is 0. The lowest BCUT2D eigenvalue weighted by atomic mass is 10.0. The molecule has 5 heteroatoms. The number of benzene rings is 1. The van der Waals surface area contributed by atoms with E-state index < -0.39 is 0 Å². The van der Waals surface area contributed by atoms with Crippen molar-refractivity contribution in [3.8, 4) is 11.5 Å². The van der Waals surface area contributed by atoms with Crippen LogP contribution in [0.25, 0.3) is 0 Å². The van der Waals surface area contributed by atoms with Crippen LogP contribution in [0, 0.1) is 0 Å². The second-order valence-electron chi connectivity index (χ2n) is 3.57. The summed E-state index contributed by atoms with van der Waals surface area (Å²) >= 11 is 0. The van der Waals surface area contributed by atoms with E-state index in [0.29, 0.717) is 6.42 Å². The number of phenols is 2. The van der Waals surface area contributed by atoms with Gasteiger partial charge in [-0.15, -0.1) is 0 Å². The zero-order valence-corrected chi connectivity index (χ0v) is 9.01. The second-order valence-corrected chi connectivity index (χ2v) is 3.57. The molecule has 1 rings (SSSR count). The Morgan fingerprint density at radius 2 is 2.12 bits per heavy atom. The maximum Gasteiger partial charge on any atom is 0.307 e. The van der Waals surface area contributed by atoms with Crippen LogP contribution in [0.3, 0.4) is 0 Å². The predicted molar refractivity (Wildman–Crippen MR) is 58.1 cm³/mol. The lowest BCUT2D eigenvalue weighted by molar-refractivity contribution is -0.140. The Morgan fingerprint density at radius 1 is 1.44 bits per heavy atom. The minimum absolute atomic E-state index is 0.123. The minimum atomic E-state index is -0.365. The Hall–Kier alpha value is -1.75. The van der Waals surface area contributed by atoms with Crippen LogP contribution >= 0.6 is 0 Å². The van der Waals surface area contributed by atoms with E-state index in [-0.39, 0.29) is 29.9 Å². The van der Waals surface area contributed by atoms with Crippen LogP contribution in [-0.4, -0.2) is 29.3 Å². The van der Waals surface area contributed by atoms with E-state index in [4.69, 9.17) is 10.8 Å². The minimum Gasteiger partial charge on any atom is -0.504 e. The molecular formula is C11H15NO4. The second kappa shape index (κ2) is 5.37. The van der Waals surface area contributed by atoms with Crippen molar-refractivity contribution in [1.82, 2.24) is 0 Å². The number of carbonyl (C=O) groups excluding carboxylic acids is 1. The van der Waals surface area contributed by atoms with Crippen LogP contribution < -0.4 is 5.73 Å². The van der Waals surface area contributed by atoms with Crippen LogP contribution in [0.1, 0.15) is 12.0 Å². The average Bonchev–Trinajstić information content (AvgIpc) is 2.23. The number of aromatic hydroxyl groups is 2. The molecule has 0 aliphatic heterocycles. The standard InChI is InChI=1S/C11H15NO4/c1-16-11(15)6-8(12)4-7-2-3-9(13)10(14)5-7/h2-3,5,8,13-14H,4,6,12H2,1H3/t8-/m0/s1. The molecule has 16 heavy (non-hydrogen) atoms.